The number of carbonyl (C=O) groups excluding carboxylic acids is 1. The Bertz CT molecular complexity index is 657. The molecule has 1 aliphatic rings. The number of rotatable bonds is 7. The molecule has 2 atom stereocenters. The number of carboxylic acids is 1. The SMILES string of the molecule is CC(C)N1CCC(NC(=O)NCCCC(=O)O)C1c1ccc(Cl)c(F)c1. The van der Waals surface area contributed by atoms with Crippen molar-refractivity contribution in [2.75, 3.05) is 13.1 Å². The number of halogens is 2. The molecule has 6 nitrogen and oxygen atoms in total. The molecule has 3 N–H and O–H groups in total. The Labute approximate surface area is 157 Å². The van der Waals surface area contributed by atoms with Gasteiger partial charge in [-0.3, -0.25) is 9.69 Å². The van der Waals surface area contributed by atoms with Gasteiger partial charge in [0.15, 0.2) is 0 Å². The maximum Gasteiger partial charge on any atom is 0.315 e. The standard InChI is InChI=1S/C18H25ClFN3O3/c1-11(2)23-9-7-15(22-18(26)21-8-3-4-16(24)25)17(23)12-5-6-13(19)14(20)10-12/h5-6,10-11,15,17H,3-4,7-9H2,1-2H3,(H,24,25)(H2,21,22,26). The number of nitrogens with zero attached hydrogens (tertiary/aromatic N) is 1. The Kier molecular flexibility index (Phi) is 7.23. The minimum atomic E-state index is -0.889. The van der Waals surface area contributed by atoms with E-state index in [2.05, 4.69) is 29.4 Å². The lowest BCUT2D eigenvalue weighted by atomic mass is 9.99. The van der Waals surface area contributed by atoms with E-state index in [9.17, 15) is 14.0 Å². The van der Waals surface area contributed by atoms with E-state index >= 15 is 0 Å². The first kappa shape index (κ1) is 20.5. The Morgan fingerprint density at radius 2 is 2.15 bits per heavy atom. The second kappa shape index (κ2) is 9.19. The summed E-state index contributed by atoms with van der Waals surface area (Å²) in [5.41, 5.74) is 0.772. The first-order chi connectivity index (χ1) is 12.3. The van der Waals surface area contributed by atoms with Crippen LogP contribution in [0.15, 0.2) is 18.2 Å². The van der Waals surface area contributed by atoms with Crippen molar-refractivity contribution in [3.8, 4) is 0 Å². The summed E-state index contributed by atoms with van der Waals surface area (Å²) < 4.78 is 13.9. The van der Waals surface area contributed by atoms with Gasteiger partial charge in [-0.15, -0.1) is 0 Å². The van der Waals surface area contributed by atoms with Crippen LogP contribution in [0.1, 0.15) is 44.7 Å². The summed E-state index contributed by atoms with van der Waals surface area (Å²) in [6.07, 6.45) is 1.13. The zero-order valence-electron chi connectivity index (χ0n) is 15.0. The van der Waals surface area contributed by atoms with Gasteiger partial charge < -0.3 is 15.7 Å². The molecule has 0 aliphatic carbocycles. The third kappa shape index (κ3) is 5.32. The minimum absolute atomic E-state index is 0.0114. The number of hydrogen-bond acceptors (Lipinski definition) is 3. The Morgan fingerprint density at radius 1 is 1.42 bits per heavy atom. The van der Waals surface area contributed by atoms with Gasteiger partial charge in [-0.2, -0.15) is 0 Å². The molecule has 1 aliphatic heterocycles. The van der Waals surface area contributed by atoms with Crippen LogP contribution >= 0.6 is 11.6 Å². The van der Waals surface area contributed by atoms with E-state index in [1.165, 1.54) is 12.1 Å². The first-order valence-electron chi connectivity index (χ1n) is 8.76. The highest BCUT2D eigenvalue weighted by Crippen LogP contribution is 2.35. The van der Waals surface area contributed by atoms with Crippen molar-refractivity contribution in [3.63, 3.8) is 0 Å². The van der Waals surface area contributed by atoms with Crippen LogP contribution in [0.25, 0.3) is 0 Å². The molecular formula is C18H25ClFN3O3. The molecule has 0 saturated carbocycles. The maximum absolute atomic E-state index is 13.9. The van der Waals surface area contributed by atoms with Crippen LogP contribution in [0.4, 0.5) is 9.18 Å². The molecule has 0 aromatic heterocycles. The third-order valence-electron chi connectivity index (χ3n) is 4.55. The smallest absolute Gasteiger partial charge is 0.315 e. The van der Waals surface area contributed by atoms with Crippen molar-refractivity contribution in [2.45, 2.75) is 51.2 Å². The maximum atomic E-state index is 13.9. The number of carbonyl (C=O) groups is 2. The molecule has 1 heterocycles. The highest BCUT2D eigenvalue weighted by atomic mass is 35.5. The van der Waals surface area contributed by atoms with Gasteiger partial charge in [0.2, 0.25) is 0 Å². The summed E-state index contributed by atoms with van der Waals surface area (Å²) in [7, 11) is 0. The third-order valence-corrected chi connectivity index (χ3v) is 4.86. The molecule has 0 spiro atoms. The molecule has 0 radical (unpaired) electrons. The summed E-state index contributed by atoms with van der Waals surface area (Å²) in [4.78, 5) is 24.9. The normalized spacial score (nSPS) is 20.3. The van der Waals surface area contributed by atoms with Crippen LogP contribution in [0, 0.1) is 5.82 Å². The fourth-order valence-corrected chi connectivity index (χ4v) is 3.45. The predicted molar refractivity (Wildman–Crippen MR) is 97.8 cm³/mol. The molecule has 2 rings (SSSR count). The molecule has 1 aromatic carbocycles. The van der Waals surface area contributed by atoms with Crippen LogP contribution in [0.5, 0.6) is 0 Å². The predicted octanol–water partition coefficient (Wildman–Crippen LogP) is 3.17. The van der Waals surface area contributed by atoms with E-state index in [4.69, 9.17) is 16.7 Å². The van der Waals surface area contributed by atoms with Crippen LogP contribution in [-0.4, -0.2) is 47.2 Å². The van der Waals surface area contributed by atoms with E-state index in [-0.39, 0.29) is 35.6 Å². The highest BCUT2D eigenvalue weighted by molar-refractivity contribution is 6.30. The summed E-state index contributed by atoms with van der Waals surface area (Å²) >= 11 is 5.79. The lowest BCUT2D eigenvalue weighted by Gasteiger charge is -2.32. The van der Waals surface area contributed by atoms with Gasteiger partial charge in [0, 0.05) is 25.6 Å². The largest absolute Gasteiger partial charge is 0.481 e. The summed E-state index contributed by atoms with van der Waals surface area (Å²) in [6.45, 7) is 5.21. The van der Waals surface area contributed by atoms with Crippen molar-refractivity contribution >= 4 is 23.6 Å². The number of nitrogens with one attached hydrogen (secondary N) is 2. The van der Waals surface area contributed by atoms with Crippen molar-refractivity contribution in [1.29, 1.82) is 0 Å². The van der Waals surface area contributed by atoms with Gasteiger partial charge in [0.25, 0.3) is 0 Å². The average Bonchev–Trinajstić information content (AvgIpc) is 2.98. The topological polar surface area (TPSA) is 81.7 Å². The van der Waals surface area contributed by atoms with Crippen LogP contribution < -0.4 is 10.6 Å². The molecule has 144 valence electrons. The Hall–Kier alpha value is -1.86. The van der Waals surface area contributed by atoms with Crippen molar-refractivity contribution in [1.82, 2.24) is 15.5 Å². The first-order valence-corrected chi connectivity index (χ1v) is 9.14. The summed E-state index contributed by atoms with van der Waals surface area (Å²) in [5, 5.41) is 14.3. The van der Waals surface area contributed by atoms with E-state index in [1.54, 1.807) is 6.07 Å². The van der Waals surface area contributed by atoms with Crippen LogP contribution in [0.3, 0.4) is 0 Å². The second-order valence-electron chi connectivity index (χ2n) is 6.74. The highest BCUT2D eigenvalue weighted by Gasteiger charge is 2.37. The van der Waals surface area contributed by atoms with Crippen molar-refractivity contribution < 1.29 is 19.1 Å². The van der Waals surface area contributed by atoms with E-state index in [1.807, 2.05) is 0 Å². The molecule has 26 heavy (non-hydrogen) atoms. The van der Waals surface area contributed by atoms with Gasteiger partial charge in [0.1, 0.15) is 5.82 Å². The summed E-state index contributed by atoms with van der Waals surface area (Å²) in [5.74, 6) is -1.36. The van der Waals surface area contributed by atoms with Crippen molar-refractivity contribution in [2.24, 2.45) is 0 Å². The molecule has 1 saturated heterocycles. The van der Waals surface area contributed by atoms with Gasteiger partial charge in [-0.25, -0.2) is 9.18 Å². The van der Waals surface area contributed by atoms with Gasteiger partial charge >= 0.3 is 12.0 Å². The van der Waals surface area contributed by atoms with E-state index in [0.29, 0.717) is 13.0 Å². The molecule has 1 fully saturated rings. The molecule has 8 heteroatoms. The molecule has 1 aromatic rings. The summed E-state index contributed by atoms with van der Waals surface area (Å²) in [6, 6.07) is 4.33. The van der Waals surface area contributed by atoms with Gasteiger partial charge in [0.05, 0.1) is 17.1 Å². The zero-order valence-corrected chi connectivity index (χ0v) is 15.7. The van der Waals surface area contributed by atoms with E-state index in [0.717, 1.165) is 18.5 Å². The number of likely N-dealkylation sites (tertiary alicyclic amines) is 1. The monoisotopic (exact) mass is 385 g/mol. The number of urea groups is 1. The minimum Gasteiger partial charge on any atom is -0.481 e. The van der Waals surface area contributed by atoms with Crippen LogP contribution in [0.2, 0.25) is 5.02 Å². The lowest BCUT2D eigenvalue weighted by Crippen LogP contribution is -2.45. The number of carboxylic acid groups (broad SMARTS) is 1. The molecular weight excluding hydrogens is 361 g/mol. The number of benzene rings is 1. The fourth-order valence-electron chi connectivity index (χ4n) is 3.33. The fraction of sp³-hybridized carbons (Fsp3) is 0.556. The second-order valence-corrected chi connectivity index (χ2v) is 7.15. The van der Waals surface area contributed by atoms with Gasteiger partial charge in [-0.1, -0.05) is 17.7 Å². The average molecular weight is 386 g/mol. The van der Waals surface area contributed by atoms with Crippen LogP contribution in [-0.2, 0) is 4.79 Å². The molecule has 0 bridgehead atoms. The zero-order chi connectivity index (χ0) is 19.3. The number of hydrogen-bond donors (Lipinski definition) is 3. The Morgan fingerprint density at radius 3 is 2.77 bits per heavy atom. The lowest BCUT2D eigenvalue weighted by molar-refractivity contribution is -0.137. The molecule has 2 unspecified atom stereocenters. The van der Waals surface area contributed by atoms with Gasteiger partial charge in [-0.05, 0) is 44.4 Å². The number of aliphatic carboxylic acids is 1. The van der Waals surface area contributed by atoms with Crippen molar-refractivity contribution in [3.05, 3.63) is 34.6 Å². The number of amides is 2. The molecule has 2 amide bonds. The quantitative estimate of drug-likeness (QED) is 0.630. The Balaban J connectivity index is 2.04. The van der Waals surface area contributed by atoms with E-state index < -0.39 is 11.8 Å².